The highest BCUT2D eigenvalue weighted by atomic mass is 35.5. The molecule has 0 aromatic carbocycles. The molecule has 0 aliphatic rings. The maximum atomic E-state index is 11.7. The third-order valence-corrected chi connectivity index (χ3v) is 1.64. The van der Waals surface area contributed by atoms with Crippen LogP contribution < -0.4 is 0 Å². The summed E-state index contributed by atoms with van der Waals surface area (Å²) in [4.78, 5) is 0. The first kappa shape index (κ1) is 9.19. The molecule has 0 N–H and O–H groups in total. The molecule has 56 valence electrons. The van der Waals surface area contributed by atoms with E-state index in [0.717, 1.165) is 0 Å². The molecular formula is C2HClF3O2S-. The first-order chi connectivity index (χ1) is 3.89. The smallest absolute Gasteiger partial charge is 0.305 e. The van der Waals surface area contributed by atoms with Gasteiger partial charge >= 0.3 is 4.46 Å². The largest absolute Gasteiger partial charge is 0.769 e. The third kappa shape index (κ3) is 2.11. The third-order valence-electron chi connectivity index (χ3n) is 0.476. The Bertz CT molecular complexity index is 127. The van der Waals surface area contributed by atoms with Crippen molar-refractivity contribution in [3.63, 3.8) is 0 Å². The van der Waals surface area contributed by atoms with E-state index in [1.165, 1.54) is 0 Å². The molecule has 0 aliphatic carbocycles. The fourth-order valence-electron chi connectivity index (χ4n) is 0.0727. The molecule has 0 aromatic rings. The molecule has 0 rings (SSSR count). The summed E-state index contributed by atoms with van der Waals surface area (Å²) in [7, 11) is 0. The van der Waals surface area contributed by atoms with Crippen LogP contribution in [0.3, 0.4) is 0 Å². The van der Waals surface area contributed by atoms with Gasteiger partial charge in [-0.1, -0.05) is 11.6 Å². The Morgan fingerprint density at radius 3 is 2.00 bits per heavy atom. The molecule has 0 saturated heterocycles. The van der Waals surface area contributed by atoms with Gasteiger partial charge in [-0.15, -0.1) is 0 Å². The Balaban J connectivity index is 4.19. The fraction of sp³-hybridized carbons (Fsp3) is 1.00. The minimum absolute atomic E-state index is 3.61. The van der Waals surface area contributed by atoms with E-state index >= 15 is 0 Å². The lowest BCUT2D eigenvalue weighted by Crippen LogP contribution is -2.30. The van der Waals surface area contributed by atoms with Gasteiger partial charge < -0.3 is 4.55 Å². The van der Waals surface area contributed by atoms with Gasteiger partial charge in [0.15, 0.2) is 0 Å². The van der Waals surface area contributed by atoms with Crippen molar-refractivity contribution in [1.29, 1.82) is 0 Å². The van der Waals surface area contributed by atoms with Crippen molar-refractivity contribution in [1.82, 2.24) is 0 Å². The lowest BCUT2D eigenvalue weighted by molar-refractivity contribution is 0.0668. The zero-order valence-corrected chi connectivity index (χ0v) is 5.39. The van der Waals surface area contributed by atoms with Crippen molar-refractivity contribution in [2.45, 2.75) is 10.9 Å². The second-order valence-corrected chi connectivity index (χ2v) is 2.93. The van der Waals surface area contributed by atoms with Crippen molar-refractivity contribution < 1.29 is 21.9 Å². The molecule has 0 bridgehead atoms. The molecular weight excluding hydrogens is 181 g/mol. The lowest BCUT2D eigenvalue weighted by atomic mass is 10.8. The van der Waals surface area contributed by atoms with Gasteiger partial charge in [-0.3, -0.25) is 4.21 Å². The molecule has 0 amide bonds. The van der Waals surface area contributed by atoms with Gasteiger partial charge in [-0.25, -0.2) is 13.2 Å². The van der Waals surface area contributed by atoms with Gasteiger partial charge in [0.05, 0.1) is 0 Å². The van der Waals surface area contributed by atoms with Crippen LogP contribution in [0.15, 0.2) is 0 Å². The first-order valence-corrected chi connectivity index (χ1v) is 3.09. The molecule has 2 unspecified atom stereocenters. The Morgan fingerprint density at radius 2 is 2.00 bits per heavy atom. The molecule has 0 aliphatic heterocycles. The summed E-state index contributed by atoms with van der Waals surface area (Å²) in [6.45, 7) is 0. The van der Waals surface area contributed by atoms with E-state index in [-0.39, 0.29) is 0 Å². The van der Waals surface area contributed by atoms with E-state index in [1.54, 1.807) is 0 Å². The molecule has 0 radical (unpaired) electrons. The normalized spacial score (nSPS) is 21.6. The molecule has 0 saturated carbocycles. The standard InChI is InChI=1S/C2H2ClF3O2S/c3-2(6,1(4)5)9(7)8/h1H,(H,7,8)/p-1. The quantitative estimate of drug-likeness (QED) is 0.471. The monoisotopic (exact) mass is 181 g/mol. The zero-order chi connectivity index (χ0) is 7.65. The molecule has 0 spiro atoms. The predicted molar refractivity (Wildman–Crippen MR) is 24.6 cm³/mol. The van der Waals surface area contributed by atoms with Gasteiger partial charge in [0, 0.05) is 11.1 Å². The van der Waals surface area contributed by atoms with Crippen LogP contribution in [0.2, 0.25) is 0 Å². The van der Waals surface area contributed by atoms with Crippen molar-refractivity contribution in [2.75, 3.05) is 0 Å². The van der Waals surface area contributed by atoms with E-state index in [4.69, 9.17) is 0 Å². The van der Waals surface area contributed by atoms with Gasteiger partial charge in [0.25, 0.3) is 6.43 Å². The molecule has 0 heterocycles. The highest BCUT2D eigenvalue weighted by Crippen LogP contribution is 2.28. The molecule has 2 atom stereocenters. The number of alkyl halides is 4. The Kier molecular flexibility index (Phi) is 2.91. The van der Waals surface area contributed by atoms with Crippen LogP contribution in [0.25, 0.3) is 0 Å². The Morgan fingerprint density at radius 1 is 1.67 bits per heavy atom. The summed E-state index contributed by atoms with van der Waals surface area (Å²) in [6.07, 6.45) is -3.72. The van der Waals surface area contributed by atoms with E-state index < -0.39 is 22.0 Å². The SMILES string of the molecule is O=S([O-])C(F)(Cl)C(F)F. The van der Waals surface area contributed by atoms with Crippen molar-refractivity contribution >= 4 is 22.7 Å². The van der Waals surface area contributed by atoms with Crippen LogP contribution in [0, 0.1) is 0 Å². The summed E-state index contributed by atoms with van der Waals surface area (Å²) in [5, 5.41) is 0. The number of halogens is 4. The Labute approximate surface area is 56.3 Å². The Hall–Kier alpha value is 0.190. The summed E-state index contributed by atoms with van der Waals surface area (Å²) in [6, 6.07) is 0. The molecule has 7 heteroatoms. The molecule has 0 fully saturated rings. The lowest BCUT2D eigenvalue weighted by Gasteiger charge is -2.18. The van der Waals surface area contributed by atoms with Crippen LogP contribution in [0.5, 0.6) is 0 Å². The second kappa shape index (κ2) is 2.85. The summed E-state index contributed by atoms with van der Waals surface area (Å²) < 4.78 is 49.1. The zero-order valence-electron chi connectivity index (χ0n) is 3.81. The van der Waals surface area contributed by atoms with Crippen molar-refractivity contribution in [2.24, 2.45) is 0 Å². The fourth-order valence-corrected chi connectivity index (χ4v) is 0.218. The topological polar surface area (TPSA) is 40.1 Å². The average Bonchev–Trinajstić information content (AvgIpc) is 1.65. The van der Waals surface area contributed by atoms with Crippen LogP contribution in [0.1, 0.15) is 0 Å². The van der Waals surface area contributed by atoms with E-state index in [9.17, 15) is 21.9 Å². The van der Waals surface area contributed by atoms with E-state index in [1.807, 2.05) is 0 Å². The number of hydrogen-bond donors (Lipinski definition) is 0. The molecule has 2 nitrogen and oxygen atoms in total. The average molecular weight is 182 g/mol. The van der Waals surface area contributed by atoms with Crippen molar-refractivity contribution in [3.05, 3.63) is 0 Å². The number of hydrogen-bond acceptors (Lipinski definition) is 2. The van der Waals surface area contributed by atoms with Crippen LogP contribution >= 0.6 is 11.6 Å². The predicted octanol–water partition coefficient (Wildman–Crippen LogP) is 0.993. The second-order valence-electron chi connectivity index (χ2n) is 1.10. The molecule has 0 aromatic heterocycles. The van der Waals surface area contributed by atoms with Crippen LogP contribution in [-0.4, -0.2) is 19.6 Å². The van der Waals surface area contributed by atoms with E-state index in [0.29, 0.717) is 0 Å². The minimum atomic E-state index is -3.94. The van der Waals surface area contributed by atoms with Gasteiger partial charge in [0.2, 0.25) is 0 Å². The van der Waals surface area contributed by atoms with E-state index in [2.05, 4.69) is 11.6 Å². The van der Waals surface area contributed by atoms with Crippen LogP contribution in [0.4, 0.5) is 13.2 Å². The minimum Gasteiger partial charge on any atom is -0.769 e. The van der Waals surface area contributed by atoms with Gasteiger partial charge in [-0.05, 0) is 0 Å². The van der Waals surface area contributed by atoms with Gasteiger partial charge in [0.1, 0.15) is 0 Å². The highest BCUT2D eigenvalue weighted by molar-refractivity contribution is 7.82. The van der Waals surface area contributed by atoms with Crippen molar-refractivity contribution in [3.8, 4) is 0 Å². The first-order valence-electron chi connectivity index (χ1n) is 1.64. The maximum Gasteiger partial charge on any atom is 0.305 e. The van der Waals surface area contributed by atoms with Gasteiger partial charge in [-0.2, -0.15) is 0 Å². The summed E-state index contributed by atoms with van der Waals surface area (Å²) in [5.41, 5.74) is 0. The summed E-state index contributed by atoms with van der Waals surface area (Å²) in [5.74, 6) is 0. The highest BCUT2D eigenvalue weighted by Gasteiger charge is 2.39. The summed E-state index contributed by atoms with van der Waals surface area (Å²) >= 11 is 0.569. The molecule has 9 heavy (non-hydrogen) atoms. The maximum absolute atomic E-state index is 11.7. The van der Waals surface area contributed by atoms with Crippen LogP contribution in [-0.2, 0) is 11.1 Å². The number of rotatable bonds is 2.